The number of carbonyl (C=O) groups excluding carboxylic acids is 1. The van der Waals surface area contributed by atoms with Crippen molar-refractivity contribution in [3.63, 3.8) is 0 Å². The quantitative estimate of drug-likeness (QED) is 0.625. The number of halogens is 3. The van der Waals surface area contributed by atoms with Crippen LogP contribution in [0.2, 0.25) is 0 Å². The van der Waals surface area contributed by atoms with Crippen molar-refractivity contribution >= 4 is 5.91 Å². The highest BCUT2D eigenvalue weighted by atomic mass is 19.4. The normalized spacial score (nSPS) is 11.2. The summed E-state index contributed by atoms with van der Waals surface area (Å²) in [5.74, 6) is -1.16. The summed E-state index contributed by atoms with van der Waals surface area (Å²) in [5.41, 5.74) is -0.0488. The number of hydrogen-bond acceptors (Lipinski definition) is 1. The summed E-state index contributed by atoms with van der Waals surface area (Å²) >= 11 is 0. The van der Waals surface area contributed by atoms with Crippen LogP contribution in [0.1, 0.15) is 10.4 Å². The Kier molecular flexibility index (Phi) is 2.07. The standard InChI is InChI=1S/C6H5F3N2O/c7-6(8,9)11-5(12)4-1-2-10-3-4/h1-3,10H,(H,11,12). The van der Waals surface area contributed by atoms with Crippen LogP contribution in [0.3, 0.4) is 0 Å². The van der Waals surface area contributed by atoms with Gasteiger partial charge in [0.1, 0.15) is 0 Å². The predicted molar refractivity (Wildman–Crippen MR) is 34.3 cm³/mol. The maximum absolute atomic E-state index is 11.6. The molecule has 0 aliphatic heterocycles. The number of rotatable bonds is 1. The van der Waals surface area contributed by atoms with Gasteiger partial charge in [-0.3, -0.25) is 10.1 Å². The molecule has 0 aliphatic rings. The Morgan fingerprint density at radius 1 is 1.50 bits per heavy atom. The van der Waals surface area contributed by atoms with Gasteiger partial charge in [-0.1, -0.05) is 0 Å². The summed E-state index contributed by atoms with van der Waals surface area (Å²) in [6.45, 7) is 0. The Labute approximate surface area is 65.6 Å². The average molecular weight is 178 g/mol. The highest BCUT2D eigenvalue weighted by molar-refractivity contribution is 5.94. The topological polar surface area (TPSA) is 44.9 Å². The zero-order valence-electron chi connectivity index (χ0n) is 5.77. The van der Waals surface area contributed by atoms with Crippen molar-refractivity contribution in [2.75, 3.05) is 0 Å². The molecule has 6 heteroatoms. The van der Waals surface area contributed by atoms with E-state index in [1.807, 2.05) is 0 Å². The third kappa shape index (κ3) is 2.30. The third-order valence-electron chi connectivity index (χ3n) is 1.12. The zero-order valence-corrected chi connectivity index (χ0v) is 5.77. The molecule has 1 heterocycles. The molecule has 0 fully saturated rings. The Bertz CT molecular complexity index is 265. The minimum atomic E-state index is -4.67. The molecule has 0 saturated heterocycles. The molecule has 3 nitrogen and oxygen atoms in total. The molecule has 0 aromatic carbocycles. The van der Waals surface area contributed by atoms with Crippen LogP contribution in [0.15, 0.2) is 18.5 Å². The second kappa shape index (κ2) is 2.88. The van der Waals surface area contributed by atoms with Gasteiger partial charge in [0.05, 0.1) is 5.56 Å². The molecule has 1 rings (SSSR count). The van der Waals surface area contributed by atoms with Crippen LogP contribution >= 0.6 is 0 Å². The summed E-state index contributed by atoms with van der Waals surface area (Å²) in [7, 11) is 0. The molecule has 2 N–H and O–H groups in total. The van der Waals surface area contributed by atoms with E-state index in [0.717, 1.165) is 5.32 Å². The fraction of sp³-hybridized carbons (Fsp3) is 0.167. The number of hydrogen-bond donors (Lipinski definition) is 2. The van der Waals surface area contributed by atoms with Gasteiger partial charge in [-0.2, -0.15) is 13.2 Å². The van der Waals surface area contributed by atoms with Crippen LogP contribution < -0.4 is 5.32 Å². The maximum Gasteiger partial charge on any atom is 0.484 e. The van der Waals surface area contributed by atoms with E-state index in [1.54, 1.807) is 0 Å². The van der Waals surface area contributed by atoms with Crippen LogP contribution in [0.5, 0.6) is 0 Å². The molecule has 0 saturated carbocycles. The van der Waals surface area contributed by atoms with Gasteiger partial charge in [0.25, 0.3) is 5.91 Å². The Hall–Kier alpha value is -1.46. The molecule has 1 amide bonds. The lowest BCUT2D eigenvalue weighted by Crippen LogP contribution is -2.36. The van der Waals surface area contributed by atoms with Crippen molar-refractivity contribution in [2.45, 2.75) is 6.30 Å². The molecular weight excluding hydrogens is 173 g/mol. The molecular formula is C6H5F3N2O. The van der Waals surface area contributed by atoms with E-state index in [0.29, 0.717) is 0 Å². The highest BCUT2D eigenvalue weighted by Gasteiger charge is 2.30. The number of aromatic amines is 1. The van der Waals surface area contributed by atoms with Crippen molar-refractivity contribution in [1.82, 2.24) is 10.3 Å². The first-order chi connectivity index (χ1) is 5.49. The van der Waals surface area contributed by atoms with Gasteiger partial charge in [0.15, 0.2) is 0 Å². The van der Waals surface area contributed by atoms with E-state index in [4.69, 9.17) is 0 Å². The van der Waals surface area contributed by atoms with Gasteiger partial charge in [-0.25, -0.2) is 0 Å². The fourth-order valence-corrected chi connectivity index (χ4v) is 0.666. The van der Waals surface area contributed by atoms with E-state index in [1.165, 1.54) is 18.5 Å². The SMILES string of the molecule is O=C(NC(F)(F)F)c1cc[nH]c1. The molecule has 0 atom stereocenters. The van der Waals surface area contributed by atoms with E-state index >= 15 is 0 Å². The summed E-state index contributed by atoms with van der Waals surface area (Å²) < 4.78 is 34.7. The van der Waals surface area contributed by atoms with E-state index in [2.05, 4.69) is 4.98 Å². The Balaban J connectivity index is 2.63. The van der Waals surface area contributed by atoms with Crippen LogP contribution in [0.25, 0.3) is 0 Å². The molecule has 12 heavy (non-hydrogen) atoms. The number of nitrogens with one attached hydrogen (secondary N) is 2. The maximum atomic E-state index is 11.6. The molecule has 66 valence electrons. The van der Waals surface area contributed by atoms with Crippen molar-refractivity contribution < 1.29 is 18.0 Å². The van der Waals surface area contributed by atoms with Crippen LogP contribution in [0, 0.1) is 0 Å². The first kappa shape index (κ1) is 8.63. The number of aromatic nitrogens is 1. The zero-order chi connectivity index (χ0) is 9.19. The highest BCUT2D eigenvalue weighted by Crippen LogP contribution is 2.10. The largest absolute Gasteiger partial charge is 0.484 e. The molecule has 1 aromatic heterocycles. The lowest BCUT2D eigenvalue weighted by atomic mass is 10.3. The number of carbonyl (C=O) groups is 1. The van der Waals surface area contributed by atoms with Gasteiger partial charge >= 0.3 is 6.30 Å². The molecule has 0 spiro atoms. The summed E-state index contributed by atoms with van der Waals surface area (Å²) in [4.78, 5) is 13.1. The summed E-state index contributed by atoms with van der Waals surface area (Å²) in [6.07, 6.45) is -2.12. The second-order valence-electron chi connectivity index (χ2n) is 2.05. The molecule has 0 bridgehead atoms. The summed E-state index contributed by atoms with van der Waals surface area (Å²) in [6, 6.07) is 1.25. The molecule has 0 aliphatic carbocycles. The van der Waals surface area contributed by atoms with Crippen LogP contribution in [-0.2, 0) is 0 Å². The Morgan fingerprint density at radius 2 is 2.17 bits per heavy atom. The number of H-pyrrole nitrogens is 1. The van der Waals surface area contributed by atoms with Gasteiger partial charge in [-0.05, 0) is 6.07 Å². The summed E-state index contributed by atoms with van der Waals surface area (Å²) in [5, 5.41) is 0.863. The lowest BCUT2D eigenvalue weighted by Gasteiger charge is -2.06. The minimum absolute atomic E-state index is 0.0488. The minimum Gasteiger partial charge on any atom is -0.367 e. The van der Waals surface area contributed by atoms with E-state index in [-0.39, 0.29) is 5.56 Å². The second-order valence-corrected chi connectivity index (χ2v) is 2.05. The fourth-order valence-electron chi connectivity index (χ4n) is 0.666. The molecule has 1 aromatic rings. The van der Waals surface area contributed by atoms with Crippen LogP contribution in [0.4, 0.5) is 13.2 Å². The Morgan fingerprint density at radius 3 is 2.58 bits per heavy atom. The van der Waals surface area contributed by atoms with E-state index < -0.39 is 12.2 Å². The lowest BCUT2D eigenvalue weighted by molar-refractivity contribution is -0.146. The first-order valence-electron chi connectivity index (χ1n) is 3.01. The van der Waals surface area contributed by atoms with Crippen molar-refractivity contribution in [1.29, 1.82) is 0 Å². The number of amides is 1. The van der Waals surface area contributed by atoms with Gasteiger partial charge in [-0.15, -0.1) is 0 Å². The monoisotopic (exact) mass is 178 g/mol. The van der Waals surface area contributed by atoms with Gasteiger partial charge in [0, 0.05) is 12.4 Å². The molecule has 0 radical (unpaired) electrons. The first-order valence-corrected chi connectivity index (χ1v) is 3.01. The van der Waals surface area contributed by atoms with Crippen molar-refractivity contribution in [2.24, 2.45) is 0 Å². The van der Waals surface area contributed by atoms with Gasteiger partial charge in [0.2, 0.25) is 0 Å². The predicted octanol–water partition coefficient (Wildman–Crippen LogP) is 1.26. The molecule has 0 unspecified atom stereocenters. The average Bonchev–Trinajstić information content (AvgIpc) is 2.32. The smallest absolute Gasteiger partial charge is 0.367 e. The van der Waals surface area contributed by atoms with Crippen molar-refractivity contribution in [3.05, 3.63) is 24.0 Å². The number of alkyl halides is 3. The van der Waals surface area contributed by atoms with Gasteiger partial charge < -0.3 is 4.98 Å². The van der Waals surface area contributed by atoms with E-state index in [9.17, 15) is 18.0 Å². The van der Waals surface area contributed by atoms with Crippen LogP contribution in [-0.4, -0.2) is 17.2 Å². The third-order valence-corrected chi connectivity index (χ3v) is 1.12. The van der Waals surface area contributed by atoms with Crippen molar-refractivity contribution in [3.8, 4) is 0 Å².